The van der Waals surface area contributed by atoms with Gasteiger partial charge in [-0.1, -0.05) is 13.8 Å². The first-order chi connectivity index (χ1) is 8.72. The fourth-order valence-electron chi connectivity index (χ4n) is 2.06. The minimum absolute atomic E-state index is 0.00297. The predicted octanol–water partition coefficient (Wildman–Crippen LogP) is 0.809. The number of hydrogen-bond acceptors (Lipinski definition) is 4. The third kappa shape index (κ3) is 4.28. The Morgan fingerprint density at radius 1 is 1.50 bits per heavy atom. The molecule has 0 bridgehead atoms. The summed E-state index contributed by atoms with van der Waals surface area (Å²) in [4.78, 5) is 12.1. The third-order valence-corrected chi connectivity index (χ3v) is 3.25. The van der Waals surface area contributed by atoms with Crippen molar-refractivity contribution in [2.75, 3.05) is 19.8 Å². The lowest BCUT2D eigenvalue weighted by molar-refractivity contribution is -0.126. The zero-order valence-corrected chi connectivity index (χ0v) is 11.2. The second-order valence-corrected chi connectivity index (χ2v) is 4.68. The van der Waals surface area contributed by atoms with Gasteiger partial charge in [-0.15, -0.1) is 0 Å². The van der Waals surface area contributed by atoms with Crippen molar-refractivity contribution in [3.8, 4) is 6.07 Å². The van der Waals surface area contributed by atoms with E-state index in [1.807, 2.05) is 6.92 Å². The minimum atomic E-state index is -0.135. The highest BCUT2D eigenvalue weighted by molar-refractivity contribution is 5.80. The standard InChI is InChI=1S/C13H23N3O2/c1-3-7-15-12-9-18-8-11(12)13(17)16-10(4-2)5-6-14/h10-12,15H,3-5,7-9H2,1-2H3,(H,16,17). The van der Waals surface area contributed by atoms with E-state index in [9.17, 15) is 4.79 Å². The Balaban J connectivity index is 2.46. The molecule has 2 N–H and O–H groups in total. The van der Waals surface area contributed by atoms with Gasteiger partial charge in [0.2, 0.25) is 5.91 Å². The molecular weight excluding hydrogens is 230 g/mol. The Hall–Kier alpha value is -1.12. The fourth-order valence-corrected chi connectivity index (χ4v) is 2.06. The molecule has 1 amide bonds. The van der Waals surface area contributed by atoms with Crippen LogP contribution in [0, 0.1) is 17.2 Å². The maximum atomic E-state index is 12.1. The van der Waals surface area contributed by atoms with E-state index in [0.717, 1.165) is 19.4 Å². The van der Waals surface area contributed by atoms with Gasteiger partial charge in [0.15, 0.2) is 0 Å². The predicted molar refractivity (Wildman–Crippen MR) is 68.8 cm³/mol. The molecule has 0 saturated carbocycles. The highest BCUT2D eigenvalue weighted by Crippen LogP contribution is 2.14. The second-order valence-electron chi connectivity index (χ2n) is 4.68. The van der Waals surface area contributed by atoms with Gasteiger partial charge in [-0.2, -0.15) is 5.26 Å². The van der Waals surface area contributed by atoms with Gasteiger partial charge in [0.05, 0.1) is 31.6 Å². The van der Waals surface area contributed by atoms with E-state index in [-0.39, 0.29) is 23.9 Å². The van der Waals surface area contributed by atoms with E-state index in [1.54, 1.807) is 0 Å². The quantitative estimate of drug-likeness (QED) is 0.704. The Kier molecular flexibility index (Phi) is 6.69. The molecule has 0 spiro atoms. The number of amides is 1. The van der Waals surface area contributed by atoms with Crippen LogP contribution in [-0.4, -0.2) is 37.7 Å². The first-order valence-corrected chi connectivity index (χ1v) is 6.71. The summed E-state index contributed by atoms with van der Waals surface area (Å²) in [7, 11) is 0. The summed E-state index contributed by atoms with van der Waals surface area (Å²) in [6.07, 6.45) is 2.18. The van der Waals surface area contributed by atoms with Gasteiger partial charge in [-0.3, -0.25) is 4.79 Å². The van der Waals surface area contributed by atoms with Gasteiger partial charge in [0.25, 0.3) is 0 Å². The van der Waals surface area contributed by atoms with Crippen molar-refractivity contribution in [3.63, 3.8) is 0 Å². The van der Waals surface area contributed by atoms with Crippen LogP contribution in [0.15, 0.2) is 0 Å². The van der Waals surface area contributed by atoms with Crippen LogP contribution in [0.25, 0.3) is 0 Å². The van der Waals surface area contributed by atoms with E-state index < -0.39 is 0 Å². The Morgan fingerprint density at radius 3 is 2.89 bits per heavy atom. The third-order valence-electron chi connectivity index (χ3n) is 3.25. The number of carbonyl (C=O) groups is 1. The maximum absolute atomic E-state index is 12.1. The number of nitrogens with one attached hydrogen (secondary N) is 2. The number of hydrogen-bond donors (Lipinski definition) is 2. The molecule has 0 aromatic carbocycles. The molecule has 18 heavy (non-hydrogen) atoms. The Morgan fingerprint density at radius 2 is 2.28 bits per heavy atom. The Bertz CT molecular complexity index is 301. The van der Waals surface area contributed by atoms with E-state index in [2.05, 4.69) is 23.6 Å². The van der Waals surface area contributed by atoms with Crippen LogP contribution in [0.5, 0.6) is 0 Å². The average molecular weight is 253 g/mol. The topological polar surface area (TPSA) is 74.2 Å². The van der Waals surface area contributed by atoms with Crippen molar-refractivity contribution in [2.45, 2.75) is 45.2 Å². The smallest absolute Gasteiger partial charge is 0.227 e. The second kappa shape index (κ2) is 8.06. The first-order valence-electron chi connectivity index (χ1n) is 6.71. The van der Waals surface area contributed by atoms with Crippen LogP contribution >= 0.6 is 0 Å². The monoisotopic (exact) mass is 253 g/mol. The molecule has 1 aliphatic rings. The van der Waals surface area contributed by atoms with Crippen molar-refractivity contribution in [1.29, 1.82) is 5.26 Å². The van der Waals surface area contributed by atoms with Crippen molar-refractivity contribution in [3.05, 3.63) is 0 Å². The van der Waals surface area contributed by atoms with Crippen LogP contribution in [0.1, 0.15) is 33.1 Å². The van der Waals surface area contributed by atoms with Gasteiger partial charge in [-0.05, 0) is 19.4 Å². The zero-order valence-electron chi connectivity index (χ0n) is 11.2. The number of rotatable bonds is 7. The van der Waals surface area contributed by atoms with Gasteiger partial charge in [-0.25, -0.2) is 0 Å². The fraction of sp³-hybridized carbons (Fsp3) is 0.846. The van der Waals surface area contributed by atoms with Crippen LogP contribution in [0.3, 0.4) is 0 Å². The molecule has 3 atom stereocenters. The van der Waals surface area contributed by atoms with Crippen LogP contribution in [-0.2, 0) is 9.53 Å². The molecule has 0 aliphatic carbocycles. The number of ether oxygens (including phenoxy) is 1. The summed E-state index contributed by atoms with van der Waals surface area (Å²) in [5.74, 6) is -0.132. The molecule has 5 heteroatoms. The number of nitrogens with zero attached hydrogens (tertiary/aromatic N) is 1. The molecular formula is C13H23N3O2. The molecule has 0 aromatic rings. The van der Waals surface area contributed by atoms with Crippen molar-refractivity contribution in [1.82, 2.24) is 10.6 Å². The minimum Gasteiger partial charge on any atom is -0.379 e. The summed E-state index contributed by atoms with van der Waals surface area (Å²) < 4.78 is 5.37. The SMILES string of the molecule is CCCNC1COCC1C(=O)NC(CC)CC#N. The number of carbonyl (C=O) groups excluding carboxylic acids is 1. The van der Waals surface area contributed by atoms with Gasteiger partial charge in [0.1, 0.15) is 0 Å². The van der Waals surface area contributed by atoms with Crippen LogP contribution in [0.4, 0.5) is 0 Å². The molecule has 0 aromatic heterocycles. The molecule has 1 rings (SSSR count). The lowest BCUT2D eigenvalue weighted by atomic mass is 10.0. The molecule has 1 aliphatic heterocycles. The Labute approximate surface area is 109 Å². The summed E-state index contributed by atoms with van der Waals surface area (Å²) in [6.45, 7) is 6.02. The van der Waals surface area contributed by atoms with Gasteiger partial charge < -0.3 is 15.4 Å². The van der Waals surface area contributed by atoms with Crippen molar-refractivity contribution >= 4 is 5.91 Å². The molecule has 1 saturated heterocycles. The highest BCUT2D eigenvalue weighted by Gasteiger charge is 2.34. The normalized spacial score (nSPS) is 24.5. The summed E-state index contributed by atoms with van der Waals surface area (Å²) in [5.41, 5.74) is 0. The van der Waals surface area contributed by atoms with E-state index in [4.69, 9.17) is 10.00 Å². The summed E-state index contributed by atoms with van der Waals surface area (Å²) >= 11 is 0. The van der Waals surface area contributed by atoms with Crippen molar-refractivity contribution in [2.24, 2.45) is 5.92 Å². The van der Waals surface area contributed by atoms with Crippen LogP contribution in [0.2, 0.25) is 0 Å². The average Bonchev–Trinajstić information content (AvgIpc) is 2.84. The van der Waals surface area contributed by atoms with Crippen LogP contribution < -0.4 is 10.6 Å². The molecule has 1 heterocycles. The zero-order chi connectivity index (χ0) is 13.4. The largest absolute Gasteiger partial charge is 0.379 e. The van der Waals surface area contributed by atoms with E-state index >= 15 is 0 Å². The summed E-state index contributed by atoms with van der Waals surface area (Å²) in [5, 5.41) is 14.9. The molecule has 1 fully saturated rings. The molecule has 0 radical (unpaired) electrons. The van der Waals surface area contributed by atoms with Gasteiger partial charge in [0, 0.05) is 12.1 Å². The number of nitriles is 1. The maximum Gasteiger partial charge on any atom is 0.227 e. The molecule has 102 valence electrons. The first kappa shape index (κ1) is 14.9. The lowest BCUT2D eigenvalue weighted by Crippen LogP contribution is -2.46. The lowest BCUT2D eigenvalue weighted by Gasteiger charge is -2.21. The highest BCUT2D eigenvalue weighted by atomic mass is 16.5. The molecule has 5 nitrogen and oxygen atoms in total. The van der Waals surface area contributed by atoms with Gasteiger partial charge >= 0.3 is 0 Å². The van der Waals surface area contributed by atoms with E-state index in [1.165, 1.54) is 0 Å². The van der Waals surface area contributed by atoms with E-state index in [0.29, 0.717) is 19.6 Å². The summed E-state index contributed by atoms with van der Waals surface area (Å²) in [6, 6.07) is 2.15. The molecule has 3 unspecified atom stereocenters. The van der Waals surface area contributed by atoms with Crippen molar-refractivity contribution < 1.29 is 9.53 Å².